The molecule has 0 radical (unpaired) electrons. The van der Waals surface area contributed by atoms with Gasteiger partial charge in [0.05, 0.1) is 19.1 Å². The number of piperidine rings is 1. The second kappa shape index (κ2) is 8.25. The lowest BCUT2D eigenvalue weighted by Gasteiger charge is -2.32. The molecule has 3 heterocycles. The van der Waals surface area contributed by atoms with Gasteiger partial charge in [0.2, 0.25) is 11.8 Å². The van der Waals surface area contributed by atoms with Crippen LogP contribution in [-0.2, 0) is 20.9 Å². The molecule has 1 saturated carbocycles. The Morgan fingerprint density at radius 2 is 1.93 bits per heavy atom. The molecule has 3 fully saturated rings. The molecular formula is C20H28N4O3. The number of anilines is 1. The van der Waals surface area contributed by atoms with Crippen LogP contribution in [0.25, 0.3) is 0 Å². The van der Waals surface area contributed by atoms with E-state index in [0.29, 0.717) is 13.1 Å². The molecule has 1 aromatic rings. The Kier molecular flexibility index (Phi) is 5.57. The van der Waals surface area contributed by atoms with Crippen molar-refractivity contribution in [3.63, 3.8) is 0 Å². The van der Waals surface area contributed by atoms with Crippen LogP contribution in [-0.4, -0.2) is 61.1 Å². The van der Waals surface area contributed by atoms with Crippen LogP contribution in [0.4, 0.5) is 5.82 Å². The second-order valence-electron chi connectivity index (χ2n) is 7.74. The molecule has 1 aromatic heterocycles. The fourth-order valence-electron chi connectivity index (χ4n) is 3.81. The van der Waals surface area contributed by atoms with Gasteiger partial charge in [-0.3, -0.25) is 9.59 Å². The molecule has 7 heteroatoms. The number of carbonyl (C=O) groups excluding carboxylic acids is 2. The highest BCUT2D eigenvalue weighted by molar-refractivity contribution is 5.83. The van der Waals surface area contributed by atoms with E-state index in [4.69, 9.17) is 4.74 Å². The number of hydrogen-bond acceptors (Lipinski definition) is 5. The van der Waals surface area contributed by atoms with Gasteiger partial charge in [-0.25, -0.2) is 4.98 Å². The summed E-state index contributed by atoms with van der Waals surface area (Å²) in [7, 11) is 0. The number of rotatable bonds is 5. The average Bonchev–Trinajstić information content (AvgIpc) is 3.58. The number of aromatic nitrogens is 1. The molecular weight excluding hydrogens is 344 g/mol. The molecule has 4 rings (SSSR count). The Hall–Kier alpha value is -2.15. The van der Waals surface area contributed by atoms with Gasteiger partial charge in [0, 0.05) is 44.8 Å². The third-order valence-electron chi connectivity index (χ3n) is 5.64. The molecule has 7 nitrogen and oxygen atoms in total. The number of carbonyl (C=O) groups is 2. The van der Waals surface area contributed by atoms with Gasteiger partial charge in [-0.05, 0) is 37.3 Å². The third kappa shape index (κ3) is 4.58. The molecule has 27 heavy (non-hydrogen) atoms. The van der Waals surface area contributed by atoms with Crippen LogP contribution in [0.15, 0.2) is 18.3 Å². The second-order valence-corrected chi connectivity index (χ2v) is 7.74. The number of nitrogens with zero attached hydrogens (tertiary/aromatic N) is 3. The van der Waals surface area contributed by atoms with Gasteiger partial charge in [0.1, 0.15) is 5.82 Å². The minimum absolute atomic E-state index is 0.0422. The Labute approximate surface area is 160 Å². The van der Waals surface area contributed by atoms with Crippen molar-refractivity contribution in [2.45, 2.75) is 32.2 Å². The maximum Gasteiger partial charge on any atom is 0.225 e. The van der Waals surface area contributed by atoms with Crippen molar-refractivity contribution in [2.24, 2.45) is 11.8 Å². The van der Waals surface area contributed by atoms with Crippen molar-refractivity contribution in [1.82, 2.24) is 15.2 Å². The Morgan fingerprint density at radius 1 is 1.11 bits per heavy atom. The first kappa shape index (κ1) is 18.2. The number of amides is 2. The van der Waals surface area contributed by atoms with E-state index < -0.39 is 0 Å². The van der Waals surface area contributed by atoms with Crippen LogP contribution in [0.2, 0.25) is 0 Å². The van der Waals surface area contributed by atoms with E-state index in [1.165, 1.54) is 0 Å². The molecule has 2 aliphatic heterocycles. The first-order valence-corrected chi connectivity index (χ1v) is 10.0. The van der Waals surface area contributed by atoms with E-state index in [9.17, 15) is 9.59 Å². The molecule has 0 spiro atoms. The number of likely N-dealkylation sites (tertiary alicyclic amines) is 1. The molecule has 1 aliphatic carbocycles. The first-order chi connectivity index (χ1) is 13.2. The Balaban J connectivity index is 1.26. The quantitative estimate of drug-likeness (QED) is 0.840. The largest absolute Gasteiger partial charge is 0.378 e. The zero-order chi connectivity index (χ0) is 18.6. The van der Waals surface area contributed by atoms with E-state index in [-0.39, 0.29) is 23.7 Å². The lowest BCUT2D eigenvalue weighted by Crippen LogP contribution is -2.45. The number of morpholine rings is 1. The van der Waals surface area contributed by atoms with Gasteiger partial charge in [-0.15, -0.1) is 0 Å². The molecule has 1 unspecified atom stereocenters. The predicted molar refractivity (Wildman–Crippen MR) is 101 cm³/mol. The zero-order valence-electron chi connectivity index (χ0n) is 15.7. The van der Waals surface area contributed by atoms with Crippen LogP contribution in [0.5, 0.6) is 0 Å². The summed E-state index contributed by atoms with van der Waals surface area (Å²) in [5, 5.41) is 3.02. The van der Waals surface area contributed by atoms with Crippen LogP contribution < -0.4 is 10.2 Å². The minimum Gasteiger partial charge on any atom is -0.378 e. The Morgan fingerprint density at radius 3 is 2.63 bits per heavy atom. The summed E-state index contributed by atoms with van der Waals surface area (Å²) in [5.74, 6) is 1.37. The van der Waals surface area contributed by atoms with Crippen LogP contribution >= 0.6 is 0 Å². The summed E-state index contributed by atoms with van der Waals surface area (Å²) in [6.07, 6.45) is 5.62. The Bertz CT molecular complexity index is 668. The smallest absolute Gasteiger partial charge is 0.225 e. The molecule has 0 aromatic carbocycles. The summed E-state index contributed by atoms with van der Waals surface area (Å²) in [5.41, 5.74) is 0.988. The summed E-state index contributed by atoms with van der Waals surface area (Å²) in [6, 6.07) is 4.02. The molecule has 1 N–H and O–H groups in total. The predicted octanol–water partition coefficient (Wildman–Crippen LogP) is 1.18. The number of ether oxygens (including phenoxy) is 1. The van der Waals surface area contributed by atoms with Crippen molar-refractivity contribution < 1.29 is 14.3 Å². The van der Waals surface area contributed by atoms with Gasteiger partial charge in [-0.2, -0.15) is 0 Å². The van der Waals surface area contributed by atoms with E-state index in [1.54, 1.807) is 0 Å². The summed E-state index contributed by atoms with van der Waals surface area (Å²) >= 11 is 0. The van der Waals surface area contributed by atoms with Crippen LogP contribution in [0.3, 0.4) is 0 Å². The van der Waals surface area contributed by atoms with Gasteiger partial charge in [0.15, 0.2) is 0 Å². The fraction of sp³-hybridized carbons (Fsp3) is 0.650. The van der Waals surface area contributed by atoms with Crippen molar-refractivity contribution >= 4 is 17.6 Å². The van der Waals surface area contributed by atoms with E-state index >= 15 is 0 Å². The van der Waals surface area contributed by atoms with Gasteiger partial charge < -0.3 is 19.9 Å². The van der Waals surface area contributed by atoms with Gasteiger partial charge >= 0.3 is 0 Å². The summed E-state index contributed by atoms with van der Waals surface area (Å²) in [4.78, 5) is 33.4. The third-order valence-corrected chi connectivity index (χ3v) is 5.64. The lowest BCUT2D eigenvalue weighted by atomic mass is 9.96. The molecule has 2 amide bonds. The average molecular weight is 372 g/mol. The molecule has 146 valence electrons. The van der Waals surface area contributed by atoms with Crippen molar-refractivity contribution in [3.8, 4) is 0 Å². The topological polar surface area (TPSA) is 74.8 Å². The zero-order valence-corrected chi connectivity index (χ0v) is 15.7. The molecule has 3 aliphatic rings. The monoisotopic (exact) mass is 372 g/mol. The molecule has 2 saturated heterocycles. The highest BCUT2D eigenvalue weighted by Crippen LogP contribution is 2.32. The van der Waals surface area contributed by atoms with E-state index in [1.807, 2.05) is 23.2 Å². The number of hydrogen-bond donors (Lipinski definition) is 1. The number of pyridine rings is 1. The molecule has 0 bridgehead atoms. The highest BCUT2D eigenvalue weighted by Gasteiger charge is 2.36. The first-order valence-electron chi connectivity index (χ1n) is 10.0. The van der Waals surface area contributed by atoms with Crippen LogP contribution in [0.1, 0.15) is 31.2 Å². The van der Waals surface area contributed by atoms with Crippen molar-refractivity contribution in [1.29, 1.82) is 0 Å². The van der Waals surface area contributed by atoms with Crippen molar-refractivity contribution in [3.05, 3.63) is 23.9 Å². The number of nitrogens with one attached hydrogen (secondary N) is 1. The highest BCUT2D eigenvalue weighted by atomic mass is 16.5. The lowest BCUT2D eigenvalue weighted by molar-refractivity contribution is -0.136. The summed E-state index contributed by atoms with van der Waals surface area (Å²) < 4.78 is 5.36. The van der Waals surface area contributed by atoms with Gasteiger partial charge in [-0.1, -0.05) is 6.07 Å². The van der Waals surface area contributed by atoms with Crippen molar-refractivity contribution in [2.75, 3.05) is 44.3 Å². The standard InChI is InChI=1S/C20H28N4O3/c25-19(17-2-1-7-24(14-17)20(26)16-4-5-16)22-13-15-3-6-18(21-12-15)23-8-10-27-11-9-23/h3,6,12,16-17H,1-2,4-5,7-11,13-14H2,(H,22,25). The SMILES string of the molecule is O=C(NCc1ccc(N2CCOCC2)nc1)C1CCCN(C(=O)C2CC2)C1. The maximum absolute atomic E-state index is 12.5. The van der Waals surface area contributed by atoms with E-state index in [0.717, 1.165) is 69.9 Å². The maximum atomic E-state index is 12.5. The summed E-state index contributed by atoms with van der Waals surface area (Å²) in [6.45, 7) is 5.04. The van der Waals surface area contributed by atoms with Crippen LogP contribution in [0, 0.1) is 11.8 Å². The normalized spacial score (nSPS) is 23.2. The fourth-order valence-corrected chi connectivity index (χ4v) is 3.81. The van der Waals surface area contributed by atoms with E-state index in [2.05, 4.69) is 15.2 Å². The molecule has 1 atom stereocenters. The van der Waals surface area contributed by atoms with Gasteiger partial charge in [0.25, 0.3) is 0 Å². The minimum atomic E-state index is -0.0953.